The molecule has 0 bridgehead atoms. The normalized spacial score (nSPS) is 19.7. The number of benzene rings is 2. The summed E-state index contributed by atoms with van der Waals surface area (Å²) in [5, 5.41) is 3.09. The average Bonchev–Trinajstić information content (AvgIpc) is 2.72. The predicted octanol–water partition coefficient (Wildman–Crippen LogP) is 5.62. The fraction of sp³-hybridized carbons (Fsp3) is 0.500. The maximum atomic E-state index is 14.0. The Hall–Kier alpha value is -2.49. The van der Waals surface area contributed by atoms with Gasteiger partial charge in [0.25, 0.3) is 0 Å². The molecule has 1 aliphatic rings. The number of carbonyl (C=O) groups is 1. The molecule has 0 unspecified atom stereocenters. The second-order valence-electron chi connectivity index (χ2n) is 7.76. The average molecular weight is 463 g/mol. The van der Waals surface area contributed by atoms with Crippen molar-refractivity contribution in [3.63, 3.8) is 0 Å². The van der Waals surface area contributed by atoms with Gasteiger partial charge < -0.3 is 14.8 Å². The second kappa shape index (κ2) is 9.56. The number of esters is 1. The molecule has 1 N–H and O–H groups in total. The maximum Gasteiger partial charge on any atom is 0.420 e. The van der Waals surface area contributed by atoms with Gasteiger partial charge >= 0.3 is 18.3 Å². The van der Waals surface area contributed by atoms with Crippen molar-refractivity contribution in [1.29, 1.82) is 0 Å². The van der Waals surface area contributed by atoms with Crippen LogP contribution in [0.4, 0.5) is 26.3 Å². The smallest absolute Gasteiger partial charge is 0.420 e. The van der Waals surface area contributed by atoms with Crippen LogP contribution in [0.3, 0.4) is 0 Å². The number of carbonyl (C=O) groups excluding carboxylic acids is 1. The fourth-order valence-electron chi connectivity index (χ4n) is 4.01. The number of alkyl halides is 6. The van der Waals surface area contributed by atoms with Gasteiger partial charge in [0.1, 0.15) is 11.3 Å². The van der Waals surface area contributed by atoms with E-state index < -0.39 is 35.9 Å². The largest absolute Gasteiger partial charge is 0.490 e. The minimum Gasteiger partial charge on any atom is -0.490 e. The first-order valence-electron chi connectivity index (χ1n) is 10.1. The summed E-state index contributed by atoms with van der Waals surface area (Å²) in [6.07, 6.45) is -10.00. The highest BCUT2D eigenvalue weighted by molar-refractivity contribution is 5.91. The molecule has 32 heavy (non-hydrogen) atoms. The van der Waals surface area contributed by atoms with Gasteiger partial charge in [-0.25, -0.2) is 0 Å². The molecular weight excluding hydrogens is 440 g/mol. The van der Waals surface area contributed by atoms with Gasteiger partial charge in [0.15, 0.2) is 0 Å². The van der Waals surface area contributed by atoms with Crippen LogP contribution in [0.1, 0.15) is 36.8 Å². The van der Waals surface area contributed by atoms with Crippen molar-refractivity contribution in [2.24, 2.45) is 5.92 Å². The quantitative estimate of drug-likeness (QED) is 0.446. The van der Waals surface area contributed by atoms with Crippen LogP contribution in [-0.4, -0.2) is 31.9 Å². The number of rotatable bonds is 6. The summed E-state index contributed by atoms with van der Waals surface area (Å²) < 4.78 is 90.6. The molecule has 3 rings (SSSR count). The van der Waals surface area contributed by atoms with E-state index in [2.05, 4.69) is 10.1 Å². The van der Waals surface area contributed by atoms with Gasteiger partial charge in [-0.05, 0) is 48.1 Å². The molecule has 0 heterocycles. The molecule has 0 spiro atoms. The van der Waals surface area contributed by atoms with Crippen LogP contribution >= 0.6 is 0 Å². The van der Waals surface area contributed by atoms with E-state index in [-0.39, 0.29) is 49.9 Å². The van der Waals surface area contributed by atoms with Crippen molar-refractivity contribution in [2.75, 3.05) is 13.7 Å². The Labute approximate surface area is 180 Å². The first-order chi connectivity index (χ1) is 15.0. The Balaban J connectivity index is 1.85. The molecule has 10 heteroatoms. The molecule has 0 aliphatic heterocycles. The lowest BCUT2D eigenvalue weighted by Crippen LogP contribution is -2.32. The Morgan fingerprint density at radius 2 is 1.69 bits per heavy atom. The van der Waals surface area contributed by atoms with E-state index in [0.717, 1.165) is 0 Å². The number of nitrogens with one attached hydrogen (secondary N) is 1. The van der Waals surface area contributed by atoms with E-state index >= 15 is 0 Å². The summed E-state index contributed by atoms with van der Waals surface area (Å²) in [7, 11) is 1.23. The van der Waals surface area contributed by atoms with Crippen molar-refractivity contribution in [1.82, 2.24) is 5.32 Å². The summed E-state index contributed by atoms with van der Waals surface area (Å²) in [6.45, 7) is 0.0478. The zero-order chi connectivity index (χ0) is 23.5. The van der Waals surface area contributed by atoms with Gasteiger partial charge in [-0.1, -0.05) is 24.3 Å². The van der Waals surface area contributed by atoms with Gasteiger partial charge in [-0.2, -0.15) is 26.3 Å². The van der Waals surface area contributed by atoms with Gasteiger partial charge in [-0.3, -0.25) is 4.79 Å². The van der Waals surface area contributed by atoms with Gasteiger partial charge in [0.05, 0.1) is 25.7 Å². The van der Waals surface area contributed by atoms with Crippen molar-refractivity contribution in [3.8, 4) is 5.75 Å². The zero-order valence-corrected chi connectivity index (χ0v) is 17.3. The highest BCUT2D eigenvalue weighted by atomic mass is 19.4. The van der Waals surface area contributed by atoms with E-state index in [0.29, 0.717) is 10.9 Å². The number of methoxy groups -OCH3 is 1. The van der Waals surface area contributed by atoms with Crippen molar-refractivity contribution in [3.05, 3.63) is 41.5 Å². The highest BCUT2D eigenvalue weighted by Gasteiger charge is 2.42. The predicted molar refractivity (Wildman–Crippen MR) is 105 cm³/mol. The molecule has 1 aliphatic carbocycles. The summed E-state index contributed by atoms with van der Waals surface area (Å²) in [4.78, 5) is 11.2. The lowest BCUT2D eigenvalue weighted by Gasteiger charge is -2.31. The molecule has 176 valence electrons. The number of hydrogen-bond acceptors (Lipinski definition) is 4. The van der Waals surface area contributed by atoms with E-state index in [9.17, 15) is 31.1 Å². The van der Waals surface area contributed by atoms with Gasteiger partial charge in [-0.15, -0.1) is 0 Å². The third-order valence-electron chi connectivity index (χ3n) is 5.64. The van der Waals surface area contributed by atoms with E-state index in [4.69, 9.17) is 4.74 Å². The lowest BCUT2D eigenvalue weighted by molar-refractivity contribution is -0.185. The molecule has 2 aromatic carbocycles. The number of ether oxygens (including phenoxy) is 2. The molecule has 1 fully saturated rings. The van der Waals surface area contributed by atoms with Crippen LogP contribution in [0, 0.1) is 5.92 Å². The van der Waals surface area contributed by atoms with Gasteiger partial charge in [0, 0.05) is 6.54 Å². The van der Waals surface area contributed by atoms with Crippen LogP contribution in [0.2, 0.25) is 0 Å². The van der Waals surface area contributed by atoms with Crippen LogP contribution < -0.4 is 10.1 Å². The molecular formula is C22H23F6NO3. The van der Waals surface area contributed by atoms with E-state index in [1.807, 2.05) is 0 Å². The Bertz CT molecular complexity index is 949. The second-order valence-corrected chi connectivity index (χ2v) is 7.76. The first kappa shape index (κ1) is 24.2. The zero-order valence-electron chi connectivity index (χ0n) is 17.3. The molecule has 0 aromatic heterocycles. The SMILES string of the molecule is COC(=O)CNCc1cccc2c(C(F)(F)F)c(OC3CCC(C(F)(F)F)CC3)ccc12. The third-order valence-corrected chi connectivity index (χ3v) is 5.64. The molecule has 4 nitrogen and oxygen atoms in total. The fourth-order valence-corrected chi connectivity index (χ4v) is 4.01. The molecule has 2 aromatic rings. The highest BCUT2D eigenvalue weighted by Crippen LogP contribution is 2.44. The van der Waals surface area contributed by atoms with Crippen molar-refractivity contribution < 1.29 is 40.6 Å². The van der Waals surface area contributed by atoms with Crippen LogP contribution in [-0.2, 0) is 22.3 Å². The molecule has 1 saturated carbocycles. The first-order valence-corrected chi connectivity index (χ1v) is 10.1. The van der Waals surface area contributed by atoms with Crippen molar-refractivity contribution >= 4 is 16.7 Å². The standard InChI is InChI=1S/C22H23F6NO3/c1-31-19(30)12-29-11-13-3-2-4-17-16(13)9-10-18(20(17)22(26,27)28)32-15-7-5-14(6-8-15)21(23,24)25/h2-4,9-10,14-15,29H,5-8,11-12H2,1H3. The number of halogens is 6. The molecule has 0 saturated heterocycles. The topological polar surface area (TPSA) is 47.6 Å². The van der Waals surface area contributed by atoms with Gasteiger partial charge in [0.2, 0.25) is 0 Å². The van der Waals surface area contributed by atoms with E-state index in [1.165, 1.54) is 31.4 Å². The third kappa shape index (κ3) is 5.65. The summed E-state index contributed by atoms with van der Waals surface area (Å²) in [5.41, 5.74) is -0.406. The maximum absolute atomic E-state index is 14.0. The monoisotopic (exact) mass is 463 g/mol. The van der Waals surface area contributed by atoms with Crippen molar-refractivity contribution in [2.45, 2.75) is 50.7 Å². The van der Waals surface area contributed by atoms with Crippen LogP contribution in [0.15, 0.2) is 30.3 Å². The Morgan fingerprint density at radius 1 is 1.00 bits per heavy atom. The number of hydrogen-bond donors (Lipinski definition) is 1. The minimum absolute atomic E-state index is 0.0387. The lowest BCUT2D eigenvalue weighted by atomic mass is 9.87. The molecule has 0 amide bonds. The Kier molecular flexibility index (Phi) is 7.22. The van der Waals surface area contributed by atoms with E-state index in [1.54, 1.807) is 6.07 Å². The van der Waals surface area contributed by atoms with Crippen LogP contribution in [0.5, 0.6) is 5.75 Å². The molecule has 0 atom stereocenters. The number of fused-ring (bicyclic) bond motifs is 1. The van der Waals surface area contributed by atoms with Crippen LogP contribution in [0.25, 0.3) is 10.8 Å². The minimum atomic E-state index is -4.73. The Morgan fingerprint density at radius 3 is 2.28 bits per heavy atom. The molecule has 0 radical (unpaired) electrons. The summed E-state index contributed by atoms with van der Waals surface area (Å²) in [6, 6.07) is 7.16. The summed E-state index contributed by atoms with van der Waals surface area (Å²) in [5.74, 6) is -2.33. The summed E-state index contributed by atoms with van der Waals surface area (Å²) >= 11 is 0.